The Bertz CT molecular complexity index is 1250. The number of methoxy groups -OCH3 is 1. The van der Waals surface area contributed by atoms with E-state index in [1.165, 1.54) is 4.80 Å². The SMILES string of the molecule is C=C(/C=C\C(=C/C)OC)n1nc(C)c(CN(CCC(=O)NC)Cc2cc(C)c(OC(C)(C)C(=O)CC)c(C)c2)n1. The summed E-state index contributed by atoms with van der Waals surface area (Å²) in [5, 5.41) is 11.9. The lowest BCUT2D eigenvalue weighted by molar-refractivity contribution is -0.131. The molecule has 0 aliphatic rings. The third-order valence-electron chi connectivity index (χ3n) is 6.68. The van der Waals surface area contributed by atoms with Crippen LogP contribution in [0.5, 0.6) is 5.75 Å². The van der Waals surface area contributed by atoms with E-state index in [2.05, 4.69) is 39.1 Å². The number of carbonyl (C=O) groups excluding carboxylic acids is 2. The first-order valence-corrected chi connectivity index (χ1v) is 13.6. The van der Waals surface area contributed by atoms with Crippen LogP contribution in [0.4, 0.5) is 0 Å². The standard InChI is InChI=1S/C31H45N5O4/c1-11-26(39-10)14-13-23(5)36-33-24(6)27(34-36)20-35(16-15-29(38)32-9)19-25-17-21(3)30(22(4)18-25)40-31(7,8)28(37)12-2/h11,13-14,17-18H,5,12,15-16,19-20H2,1-4,6-10H3,(H,32,38)/b14-13-,26-11+. The molecule has 0 saturated heterocycles. The molecule has 40 heavy (non-hydrogen) atoms. The van der Waals surface area contributed by atoms with Crippen molar-refractivity contribution in [1.82, 2.24) is 25.2 Å². The average Bonchev–Trinajstić information content (AvgIpc) is 3.28. The van der Waals surface area contributed by atoms with Crippen LogP contribution in [-0.4, -0.2) is 57.9 Å². The Morgan fingerprint density at radius 3 is 2.33 bits per heavy atom. The van der Waals surface area contributed by atoms with Gasteiger partial charge in [-0.2, -0.15) is 15.0 Å². The van der Waals surface area contributed by atoms with Gasteiger partial charge in [0.15, 0.2) is 11.4 Å². The molecule has 0 radical (unpaired) electrons. The first-order valence-electron chi connectivity index (χ1n) is 13.6. The molecular weight excluding hydrogens is 506 g/mol. The van der Waals surface area contributed by atoms with Crippen LogP contribution in [0.25, 0.3) is 5.70 Å². The predicted molar refractivity (Wildman–Crippen MR) is 159 cm³/mol. The number of hydrogen-bond donors (Lipinski definition) is 1. The number of aromatic nitrogens is 3. The Morgan fingerprint density at radius 1 is 1.12 bits per heavy atom. The number of aryl methyl sites for hydroxylation is 3. The summed E-state index contributed by atoms with van der Waals surface area (Å²) >= 11 is 0. The van der Waals surface area contributed by atoms with E-state index >= 15 is 0 Å². The molecule has 1 N–H and O–H groups in total. The van der Waals surface area contributed by atoms with E-state index in [-0.39, 0.29) is 11.7 Å². The topological polar surface area (TPSA) is 98.6 Å². The highest BCUT2D eigenvalue weighted by molar-refractivity contribution is 5.86. The first-order chi connectivity index (χ1) is 18.8. The Kier molecular flexibility index (Phi) is 11.9. The maximum Gasteiger partial charge on any atom is 0.221 e. The molecule has 0 spiro atoms. The minimum atomic E-state index is -0.897. The number of amides is 1. The second-order valence-corrected chi connectivity index (χ2v) is 10.3. The highest BCUT2D eigenvalue weighted by Crippen LogP contribution is 2.30. The normalized spacial score (nSPS) is 12.2. The van der Waals surface area contributed by atoms with E-state index in [1.807, 2.05) is 60.6 Å². The Morgan fingerprint density at radius 2 is 1.77 bits per heavy atom. The van der Waals surface area contributed by atoms with Gasteiger partial charge in [-0.1, -0.05) is 25.6 Å². The Labute approximate surface area is 238 Å². The summed E-state index contributed by atoms with van der Waals surface area (Å²) in [6.45, 7) is 19.0. The number of hydrogen-bond acceptors (Lipinski definition) is 7. The van der Waals surface area contributed by atoms with E-state index < -0.39 is 5.60 Å². The van der Waals surface area contributed by atoms with Crippen molar-refractivity contribution in [2.24, 2.45) is 0 Å². The van der Waals surface area contributed by atoms with Gasteiger partial charge in [0.25, 0.3) is 0 Å². The van der Waals surface area contributed by atoms with Crippen LogP contribution in [0.15, 0.2) is 42.7 Å². The molecule has 1 aromatic heterocycles. The summed E-state index contributed by atoms with van der Waals surface area (Å²) in [6, 6.07) is 4.15. The van der Waals surface area contributed by atoms with Crippen LogP contribution in [0.1, 0.15) is 68.6 Å². The number of ether oxygens (including phenoxy) is 2. The van der Waals surface area contributed by atoms with Crippen LogP contribution in [0.3, 0.4) is 0 Å². The van der Waals surface area contributed by atoms with Gasteiger partial charge in [0, 0.05) is 39.5 Å². The maximum absolute atomic E-state index is 12.4. The molecule has 0 aliphatic heterocycles. The highest BCUT2D eigenvalue weighted by atomic mass is 16.5. The second kappa shape index (κ2) is 14.6. The summed E-state index contributed by atoms with van der Waals surface area (Å²) < 4.78 is 11.5. The summed E-state index contributed by atoms with van der Waals surface area (Å²) in [6.07, 6.45) is 6.24. The number of nitrogens with zero attached hydrogens (tertiary/aromatic N) is 4. The molecule has 2 rings (SSSR count). The quantitative estimate of drug-likeness (QED) is 0.244. The smallest absolute Gasteiger partial charge is 0.221 e. The summed E-state index contributed by atoms with van der Waals surface area (Å²) in [5.74, 6) is 1.47. The molecule has 0 unspecified atom stereocenters. The van der Waals surface area contributed by atoms with Gasteiger partial charge in [-0.25, -0.2) is 0 Å². The minimum absolute atomic E-state index is 0.0271. The van der Waals surface area contributed by atoms with Gasteiger partial charge in [-0.05, 0) is 76.5 Å². The van der Waals surface area contributed by atoms with Gasteiger partial charge >= 0.3 is 0 Å². The molecule has 9 nitrogen and oxygen atoms in total. The summed E-state index contributed by atoms with van der Waals surface area (Å²) in [5.41, 5.74) is 4.30. The molecule has 1 heterocycles. The monoisotopic (exact) mass is 551 g/mol. The lowest BCUT2D eigenvalue weighted by Gasteiger charge is -2.28. The predicted octanol–water partition coefficient (Wildman–Crippen LogP) is 5.06. The highest BCUT2D eigenvalue weighted by Gasteiger charge is 2.29. The van der Waals surface area contributed by atoms with E-state index in [0.717, 1.165) is 33.8 Å². The third-order valence-corrected chi connectivity index (χ3v) is 6.68. The van der Waals surface area contributed by atoms with Gasteiger partial charge in [0.1, 0.15) is 17.2 Å². The van der Waals surface area contributed by atoms with Crippen molar-refractivity contribution < 1.29 is 19.1 Å². The second-order valence-electron chi connectivity index (χ2n) is 10.3. The van der Waals surface area contributed by atoms with Crippen LogP contribution < -0.4 is 10.1 Å². The number of Topliss-reactive ketones (excluding diaryl/α,β-unsaturated/α-hetero) is 1. The lowest BCUT2D eigenvalue weighted by Crippen LogP contribution is -2.38. The molecule has 0 atom stereocenters. The molecule has 9 heteroatoms. The van der Waals surface area contributed by atoms with Crippen molar-refractivity contribution in [3.8, 4) is 5.75 Å². The summed E-state index contributed by atoms with van der Waals surface area (Å²) in [4.78, 5) is 28.1. The summed E-state index contributed by atoms with van der Waals surface area (Å²) in [7, 11) is 3.25. The lowest BCUT2D eigenvalue weighted by atomic mass is 9.99. The van der Waals surface area contributed by atoms with Crippen molar-refractivity contribution in [2.45, 2.75) is 80.0 Å². The first kappa shape index (κ1) is 32.5. The van der Waals surface area contributed by atoms with Gasteiger partial charge in [-0.3, -0.25) is 14.5 Å². The Hall–Kier alpha value is -3.72. The van der Waals surface area contributed by atoms with Crippen LogP contribution >= 0.6 is 0 Å². The molecular formula is C31H45N5O4. The number of carbonyl (C=O) groups is 2. The molecule has 218 valence electrons. The molecule has 0 saturated carbocycles. The fourth-order valence-corrected chi connectivity index (χ4v) is 4.31. The van der Waals surface area contributed by atoms with Gasteiger partial charge in [-0.15, -0.1) is 0 Å². The van der Waals surface area contributed by atoms with E-state index in [0.29, 0.717) is 43.9 Å². The fourth-order valence-electron chi connectivity index (χ4n) is 4.31. The van der Waals surface area contributed by atoms with Crippen molar-refractivity contribution in [3.05, 3.63) is 70.8 Å². The van der Waals surface area contributed by atoms with Crippen LogP contribution in [-0.2, 0) is 27.4 Å². The number of ketones is 1. The fraction of sp³-hybridized carbons (Fsp3) is 0.484. The third kappa shape index (κ3) is 8.91. The van der Waals surface area contributed by atoms with E-state index in [9.17, 15) is 9.59 Å². The molecule has 0 bridgehead atoms. The maximum atomic E-state index is 12.4. The van der Waals surface area contributed by atoms with Crippen molar-refractivity contribution in [3.63, 3.8) is 0 Å². The number of rotatable bonds is 15. The molecule has 0 fully saturated rings. The van der Waals surface area contributed by atoms with Gasteiger partial charge in [0.05, 0.1) is 18.5 Å². The number of nitrogens with one attached hydrogen (secondary N) is 1. The zero-order valence-electron chi connectivity index (χ0n) is 25.6. The van der Waals surface area contributed by atoms with E-state index in [1.54, 1.807) is 20.2 Å². The van der Waals surface area contributed by atoms with Crippen molar-refractivity contribution >= 4 is 17.4 Å². The van der Waals surface area contributed by atoms with Crippen molar-refractivity contribution in [2.75, 3.05) is 20.7 Å². The molecule has 1 aromatic carbocycles. The van der Waals surface area contributed by atoms with Crippen molar-refractivity contribution in [1.29, 1.82) is 0 Å². The van der Waals surface area contributed by atoms with Gasteiger partial charge < -0.3 is 14.8 Å². The van der Waals surface area contributed by atoms with E-state index in [4.69, 9.17) is 9.47 Å². The molecule has 0 aliphatic carbocycles. The van der Waals surface area contributed by atoms with Gasteiger partial charge in [0.2, 0.25) is 5.91 Å². The largest absolute Gasteiger partial charge is 0.497 e. The minimum Gasteiger partial charge on any atom is -0.497 e. The Balaban J connectivity index is 2.30. The number of allylic oxidation sites excluding steroid dienone is 4. The molecule has 2 aromatic rings. The number of benzene rings is 1. The zero-order valence-corrected chi connectivity index (χ0v) is 25.6. The average molecular weight is 552 g/mol. The van der Waals surface area contributed by atoms with Crippen LogP contribution in [0.2, 0.25) is 0 Å². The molecule has 1 amide bonds. The zero-order chi connectivity index (χ0) is 30.0. The van der Waals surface area contributed by atoms with Crippen LogP contribution in [0, 0.1) is 20.8 Å².